The first-order chi connectivity index (χ1) is 24.0. The Balaban J connectivity index is 0.887. The number of carbonyl (C=O) groups is 2. The molecule has 7 rings (SSSR count). The van der Waals surface area contributed by atoms with Crippen LogP contribution in [0.4, 0.5) is 29.2 Å². The summed E-state index contributed by atoms with van der Waals surface area (Å²) in [5.41, 5.74) is 3.91. The largest absolute Gasteiger partial charge is 0.344 e. The number of hydrogen-bond donors (Lipinski definition) is 0. The standard InChI is InChI=1S/C36H36F4N8O2/c37-35(38)19-47(20-35)33-8-2-6-25(41-33)15-29(49)17-27-10-12-31(45-43-27)23-4-1-5-24(14-23)32-13-11-28(44-46-32)18-30(50)16-26-7-3-9-34(42-26)48-21-36(39,40)22-48/h2-3,6-13,23-24H,1,4-5,14-22H2/t23-,24+. The molecule has 2 saturated heterocycles. The van der Waals surface area contributed by atoms with Crippen LogP contribution in [0.15, 0.2) is 60.7 Å². The molecule has 0 aromatic carbocycles. The number of aromatic nitrogens is 6. The third kappa shape index (κ3) is 8.11. The molecule has 10 nitrogen and oxygen atoms in total. The fourth-order valence-corrected chi connectivity index (χ4v) is 6.86. The lowest BCUT2D eigenvalue weighted by atomic mass is 9.78. The van der Waals surface area contributed by atoms with Crippen molar-refractivity contribution in [1.82, 2.24) is 30.4 Å². The van der Waals surface area contributed by atoms with Crippen LogP contribution < -0.4 is 9.80 Å². The molecule has 4 aromatic rings. The second-order valence-electron chi connectivity index (χ2n) is 13.6. The fourth-order valence-electron chi connectivity index (χ4n) is 6.86. The SMILES string of the molecule is O=C(Cc1ccc([C@@H]2CCC[C@H](c3ccc(CC(=O)Cc4cccc(N5CC(F)(F)C5)n4)nn3)C2)nn1)Cc1cccc(N2CC(F)(F)C2)n1. The zero-order valence-electron chi connectivity index (χ0n) is 27.3. The molecule has 0 amide bonds. The molecule has 0 unspecified atom stereocenters. The Labute approximate surface area is 286 Å². The lowest BCUT2D eigenvalue weighted by Crippen LogP contribution is -2.56. The van der Waals surface area contributed by atoms with Gasteiger partial charge in [-0.05, 0) is 67.8 Å². The monoisotopic (exact) mass is 688 g/mol. The normalized spacial score (nSPS) is 20.9. The van der Waals surface area contributed by atoms with Crippen molar-refractivity contribution in [3.8, 4) is 0 Å². The summed E-state index contributed by atoms with van der Waals surface area (Å²) in [6.45, 7) is -1.46. The van der Waals surface area contributed by atoms with Gasteiger partial charge in [-0.1, -0.05) is 18.6 Å². The Morgan fingerprint density at radius 3 is 1.38 bits per heavy atom. The molecular weight excluding hydrogens is 652 g/mol. The predicted molar refractivity (Wildman–Crippen MR) is 176 cm³/mol. The highest BCUT2D eigenvalue weighted by Crippen LogP contribution is 2.40. The van der Waals surface area contributed by atoms with E-state index in [0.717, 1.165) is 37.1 Å². The van der Waals surface area contributed by atoms with Gasteiger partial charge in [0.05, 0.1) is 73.2 Å². The summed E-state index contributed by atoms with van der Waals surface area (Å²) >= 11 is 0. The lowest BCUT2D eigenvalue weighted by molar-refractivity contribution is -0.118. The van der Waals surface area contributed by atoms with Crippen LogP contribution in [0.2, 0.25) is 0 Å². The van der Waals surface area contributed by atoms with Gasteiger partial charge in [0.2, 0.25) is 0 Å². The molecule has 6 heterocycles. The molecule has 2 atom stereocenters. The van der Waals surface area contributed by atoms with Crippen molar-refractivity contribution >= 4 is 23.2 Å². The summed E-state index contributed by atoms with van der Waals surface area (Å²) in [4.78, 5) is 37.3. The van der Waals surface area contributed by atoms with Crippen molar-refractivity contribution in [2.45, 2.75) is 75.0 Å². The Hall–Kier alpha value is -4.88. The van der Waals surface area contributed by atoms with Gasteiger partial charge in [0, 0.05) is 24.7 Å². The minimum atomic E-state index is -2.70. The maximum atomic E-state index is 13.3. The third-order valence-corrected chi connectivity index (χ3v) is 9.43. The van der Waals surface area contributed by atoms with Gasteiger partial charge in [-0.15, -0.1) is 0 Å². The molecule has 3 aliphatic rings. The van der Waals surface area contributed by atoms with Crippen molar-refractivity contribution in [2.75, 3.05) is 36.0 Å². The summed E-state index contributed by atoms with van der Waals surface area (Å²) in [7, 11) is 0. The Morgan fingerprint density at radius 2 is 1.00 bits per heavy atom. The average molecular weight is 689 g/mol. The van der Waals surface area contributed by atoms with E-state index in [9.17, 15) is 27.2 Å². The number of ketones is 2. The van der Waals surface area contributed by atoms with Crippen LogP contribution in [0.25, 0.3) is 0 Å². The minimum Gasteiger partial charge on any atom is -0.344 e. The van der Waals surface area contributed by atoms with Gasteiger partial charge in [0.15, 0.2) is 0 Å². The molecule has 50 heavy (non-hydrogen) atoms. The highest BCUT2D eigenvalue weighted by atomic mass is 19.3. The number of Topliss-reactive ketones (excluding diaryl/α,β-unsaturated/α-hetero) is 2. The minimum absolute atomic E-state index is 0.0788. The van der Waals surface area contributed by atoms with Crippen LogP contribution in [0, 0.1) is 0 Å². The number of alkyl halides is 4. The van der Waals surface area contributed by atoms with E-state index < -0.39 is 11.8 Å². The zero-order chi connectivity index (χ0) is 34.9. The van der Waals surface area contributed by atoms with Crippen LogP contribution in [0.1, 0.15) is 71.7 Å². The number of carbonyl (C=O) groups excluding carboxylic acids is 2. The number of halogens is 4. The highest BCUT2D eigenvalue weighted by molar-refractivity contribution is 5.83. The van der Waals surface area contributed by atoms with E-state index in [4.69, 9.17) is 0 Å². The molecule has 1 aliphatic carbocycles. The number of nitrogens with zero attached hydrogens (tertiary/aromatic N) is 8. The lowest BCUT2D eigenvalue weighted by Gasteiger charge is -2.39. The summed E-state index contributed by atoms with van der Waals surface area (Å²) < 4.78 is 53.0. The Bertz CT molecular complexity index is 1710. The van der Waals surface area contributed by atoms with Crippen LogP contribution in [0.3, 0.4) is 0 Å². The van der Waals surface area contributed by atoms with Gasteiger partial charge in [0.25, 0.3) is 11.8 Å². The number of rotatable bonds is 12. The summed E-state index contributed by atoms with van der Waals surface area (Å²) in [6.07, 6.45) is 4.10. The summed E-state index contributed by atoms with van der Waals surface area (Å²) in [6, 6.07) is 17.7. The van der Waals surface area contributed by atoms with Crippen LogP contribution in [-0.2, 0) is 35.3 Å². The van der Waals surface area contributed by atoms with Crippen LogP contribution in [0.5, 0.6) is 0 Å². The van der Waals surface area contributed by atoms with Gasteiger partial charge >= 0.3 is 0 Å². The van der Waals surface area contributed by atoms with Gasteiger partial charge < -0.3 is 9.80 Å². The second kappa shape index (κ2) is 13.8. The highest BCUT2D eigenvalue weighted by Gasteiger charge is 2.45. The maximum Gasteiger partial charge on any atom is 0.282 e. The van der Waals surface area contributed by atoms with Crippen molar-refractivity contribution in [3.63, 3.8) is 0 Å². The predicted octanol–water partition coefficient (Wildman–Crippen LogP) is 5.12. The van der Waals surface area contributed by atoms with Crippen LogP contribution >= 0.6 is 0 Å². The van der Waals surface area contributed by atoms with Gasteiger partial charge in [0.1, 0.15) is 23.2 Å². The summed E-state index contributed by atoms with van der Waals surface area (Å²) in [5.74, 6) is -4.31. The molecule has 0 bridgehead atoms. The quantitative estimate of drug-likeness (QED) is 0.186. The van der Waals surface area contributed by atoms with Gasteiger partial charge in [-0.25, -0.2) is 27.5 Å². The van der Waals surface area contributed by atoms with E-state index in [1.807, 2.05) is 24.3 Å². The molecule has 3 fully saturated rings. The Morgan fingerprint density at radius 1 is 0.580 bits per heavy atom. The molecule has 0 radical (unpaired) electrons. The molecule has 1 saturated carbocycles. The molecule has 0 spiro atoms. The van der Waals surface area contributed by atoms with E-state index in [1.165, 1.54) is 9.80 Å². The van der Waals surface area contributed by atoms with Crippen molar-refractivity contribution in [3.05, 3.63) is 94.8 Å². The number of anilines is 2. The van der Waals surface area contributed by atoms with E-state index >= 15 is 0 Å². The molecular formula is C36H36F4N8O2. The van der Waals surface area contributed by atoms with Gasteiger partial charge in [-0.3, -0.25) is 9.59 Å². The smallest absolute Gasteiger partial charge is 0.282 e. The number of hydrogen-bond acceptors (Lipinski definition) is 10. The van der Waals surface area contributed by atoms with Crippen molar-refractivity contribution in [2.24, 2.45) is 0 Å². The molecule has 4 aromatic heterocycles. The zero-order valence-corrected chi connectivity index (χ0v) is 27.3. The first-order valence-corrected chi connectivity index (χ1v) is 16.8. The molecule has 260 valence electrons. The topological polar surface area (TPSA) is 118 Å². The maximum absolute atomic E-state index is 13.3. The summed E-state index contributed by atoms with van der Waals surface area (Å²) in [5, 5.41) is 17.6. The molecule has 14 heteroatoms. The van der Waals surface area contributed by atoms with E-state index in [1.54, 1.807) is 36.4 Å². The Kier molecular flexibility index (Phi) is 9.27. The van der Waals surface area contributed by atoms with Gasteiger partial charge in [-0.2, -0.15) is 20.4 Å². The number of pyridine rings is 2. The molecule has 2 aliphatic heterocycles. The van der Waals surface area contributed by atoms with E-state index in [2.05, 4.69) is 30.4 Å². The first kappa shape index (κ1) is 33.6. The van der Waals surface area contributed by atoms with E-state index in [-0.39, 0.29) is 75.3 Å². The van der Waals surface area contributed by atoms with Crippen molar-refractivity contribution in [1.29, 1.82) is 0 Å². The van der Waals surface area contributed by atoms with Crippen molar-refractivity contribution < 1.29 is 27.2 Å². The molecule has 0 N–H and O–H groups in total. The first-order valence-electron chi connectivity index (χ1n) is 16.8. The fraction of sp³-hybridized carbons (Fsp3) is 0.444. The van der Waals surface area contributed by atoms with E-state index in [0.29, 0.717) is 34.4 Å². The van der Waals surface area contributed by atoms with Crippen LogP contribution in [-0.4, -0.2) is 80.0 Å². The second-order valence-corrected chi connectivity index (χ2v) is 13.6. The third-order valence-electron chi connectivity index (χ3n) is 9.43. The average Bonchev–Trinajstić information content (AvgIpc) is 3.07.